The summed E-state index contributed by atoms with van der Waals surface area (Å²) in [5.41, 5.74) is 3.18. The number of halogens is 1. The average molecular weight is 406 g/mol. The topological polar surface area (TPSA) is 47.6 Å². The van der Waals surface area contributed by atoms with E-state index in [2.05, 4.69) is 59.4 Å². The number of aryl methyl sites for hydroxylation is 1. The van der Waals surface area contributed by atoms with Crippen LogP contribution in [-0.4, -0.2) is 20.1 Å². The Kier molecular flexibility index (Phi) is 6.88. The van der Waals surface area contributed by atoms with Crippen molar-refractivity contribution in [2.24, 2.45) is 0 Å². The summed E-state index contributed by atoms with van der Waals surface area (Å²) in [5, 5.41) is 3.11. The fraction of sp³-hybridized carbons (Fsp3) is 0.350. The molecular weight excluding hydrogens is 382 g/mol. The largest absolute Gasteiger partial charge is 0.493 e. The molecule has 0 bridgehead atoms. The molecule has 1 amide bonds. The number of rotatable bonds is 7. The lowest BCUT2D eigenvalue weighted by Gasteiger charge is -2.18. The summed E-state index contributed by atoms with van der Waals surface area (Å²) < 4.78 is 11.4. The van der Waals surface area contributed by atoms with Gasteiger partial charge < -0.3 is 14.8 Å². The highest BCUT2D eigenvalue weighted by atomic mass is 79.9. The van der Waals surface area contributed by atoms with Gasteiger partial charge in [0.15, 0.2) is 11.5 Å². The molecule has 0 saturated carbocycles. The van der Waals surface area contributed by atoms with Gasteiger partial charge in [-0.25, -0.2) is 0 Å². The van der Waals surface area contributed by atoms with Crippen LogP contribution < -0.4 is 14.8 Å². The van der Waals surface area contributed by atoms with E-state index < -0.39 is 0 Å². The molecule has 134 valence electrons. The average Bonchev–Trinajstić information content (AvgIpc) is 2.61. The monoisotopic (exact) mass is 405 g/mol. The van der Waals surface area contributed by atoms with Crippen LogP contribution in [0.5, 0.6) is 11.5 Å². The number of hydrogen-bond acceptors (Lipinski definition) is 3. The van der Waals surface area contributed by atoms with Crippen molar-refractivity contribution in [2.75, 3.05) is 14.2 Å². The van der Waals surface area contributed by atoms with Crippen LogP contribution in [0.25, 0.3) is 0 Å². The van der Waals surface area contributed by atoms with Crippen molar-refractivity contribution in [2.45, 2.75) is 32.7 Å². The van der Waals surface area contributed by atoms with Crippen molar-refractivity contribution in [3.63, 3.8) is 0 Å². The van der Waals surface area contributed by atoms with Crippen LogP contribution >= 0.6 is 15.9 Å². The van der Waals surface area contributed by atoms with Gasteiger partial charge in [-0.15, -0.1) is 0 Å². The molecule has 1 atom stereocenters. The Morgan fingerprint density at radius 3 is 2.28 bits per heavy atom. The maximum Gasteiger partial charge on any atom is 0.224 e. The van der Waals surface area contributed by atoms with E-state index in [-0.39, 0.29) is 18.4 Å². The molecule has 5 heteroatoms. The minimum atomic E-state index is -0.0275. The SMILES string of the molecule is CC[C@H](NC(=O)Cc1cc(OC)c(OC)cc1Br)c1ccc(C)cc1. The lowest BCUT2D eigenvalue weighted by Crippen LogP contribution is -2.29. The Labute approximate surface area is 157 Å². The molecule has 25 heavy (non-hydrogen) atoms. The molecule has 0 aliphatic heterocycles. The summed E-state index contributed by atoms with van der Waals surface area (Å²) >= 11 is 3.50. The molecule has 1 N–H and O–H groups in total. The Morgan fingerprint density at radius 2 is 1.72 bits per heavy atom. The van der Waals surface area contributed by atoms with Crippen LogP contribution in [-0.2, 0) is 11.2 Å². The summed E-state index contributed by atoms with van der Waals surface area (Å²) in [5.74, 6) is 1.21. The molecule has 0 heterocycles. The van der Waals surface area contributed by atoms with Gasteiger partial charge in [-0.05, 0) is 36.6 Å². The van der Waals surface area contributed by atoms with Crippen LogP contribution in [0.15, 0.2) is 40.9 Å². The standard InChI is InChI=1S/C20H24BrNO3/c1-5-17(14-8-6-13(2)7-9-14)22-20(23)11-15-10-18(24-3)19(25-4)12-16(15)21/h6-10,12,17H,5,11H2,1-4H3,(H,22,23)/t17-/m0/s1. The van der Waals surface area contributed by atoms with E-state index in [1.54, 1.807) is 14.2 Å². The predicted molar refractivity (Wildman–Crippen MR) is 103 cm³/mol. The molecule has 0 aromatic heterocycles. The number of methoxy groups -OCH3 is 2. The second-order valence-electron chi connectivity index (χ2n) is 5.91. The van der Waals surface area contributed by atoms with Crippen LogP contribution in [0.3, 0.4) is 0 Å². The van der Waals surface area contributed by atoms with E-state index in [0.29, 0.717) is 11.5 Å². The van der Waals surface area contributed by atoms with Crippen molar-refractivity contribution in [1.29, 1.82) is 0 Å². The fourth-order valence-electron chi connectivity index (χ4n) is 2.67. The number of hydrogen-bond donors (Lipinski definition) is 1. The maximum absolute atomic E-state index is 12.5. The fourth-order valence-corrected chi connectivity index (χ4v) is 3.13. The number of nitrogens with one attached hydrogen (secondary N) is 1. The van der Waals surface area contributed by atoms with E-state index >= 15 is 0 Å². The Balaban J connectivity index is 2.12. The zero-order chi connectivity index (χ0) is 18.4. The molecular formula is C20H24BrNO3. The minimum absolute atomic E-state index is 0.00650. The molecule has 4 nitrogen and oxygen atoms in total. The van der Waals surface area contributed by atoms with Crippen molar-refractivity contribution >= 4 is 21.8 Å². The quantitative estimate of drug-likeness (QED) is 0.732. The Morgan fingerprint density at radius 1 is 1.12 bits per heavy atom. The maximum atomic E-state index is 12.5. The van der Waals surface area contributed by atoms with E-state index in [1.807, 2.05) is 12.1 Å². The first-order chi connectivity index (χ1) is 12.0. The first kappa shape index (κ1) is 19.3. The van der Waals surface area contributed by atoms with Crippen LogP contribution in [0.4, 0.5) is 0 Å². The molecule has 2 aromatic rings. The number of carbonyl (C=O) groups is 1. The zero-order valence-electron chi connectivity index (χ0n) is 15.1. The second kappa shape index (κ2) is 8.90. The van der Waals surface area contributed by atoms with Crippen molar-refractivity contribution in [3.05, 3.63) is 57.6 Å². The molecule has 0 unspecified atom stereocenters. The van der Waals surface area contributed by atoms with Crippen LogP contribution in [0.2, 0.25) is 0 Å². The molecule has 2 aromatic carbocycles. The third-order valence-corrected chi connectivity index (χ3v) is 4.86. The van der Waals surface area contributed by atoms with E-state index in [4.69, 9.17) is 9.47 Å². The molecule has 0 spiro atoms. The van der Waals surface area contributed by atoms with E-state index in [0.717, 1.165) is 22.0 Å². The number of benzene rings is 2. The lowest BCUT2D eigenvalue weighted by atomic mass is 10.0. The summed E-state index contributed by atoms with van der Waals surface area (Å²) in [6.07, 6.45) is 1.10. The van der Waals surface area contributed by atoms with Gasteiger partial charge in [-0.2, -0.15) is 0 Å². The first-order valence-corrected chi connectivity index (χ1v) is 9.04. The van der Waals surface area contributed by atoms with Gasteiger partial charge in [0.1, 0.15) is 0 Å². The van der Waals surface area contributed by atoms with Crippen molar-refractivity contribution in [1.82, 2.24) is 5.32 Å². The van der Waals surface area contributed by atoms with Crippen LogP contribution in [0, 0.1) is 6.92 Å². The minimum Gasteiger partial charge on any atom is -0.493 e. The third kappa shape index (κ3) is 4.98. The van der Waals surface area contributed by atoms with Crippen LogP contribution in [0.1, 0.15) is 36.1 Å². The smallest absolute Gasteiger partial charge is 0.224 e. The number of amides is 1. The summed E-state index contributed by atoms with van der Waals surface area (Å²) in [6.45, 7) is 4.12. The second-order valence-corrected chi connectivity index (χ2v) is 6.77. The normalized spacial score (nSPS) is 11.7. The molecule has 0 radical (unpaired) electrons. The Bertz CT molecular complexity index is 728. The van der Waals surface area contributed by atoms with Crippen molar-refractivity contribution in [3.8, 4) is 11.5 Å². The molecule has 0 aliphatic rings. The molecule has 0 saturated heterocycles. The van der Waals surface area contributed by atoms with Gasteiger partial charge in [0.2, 0.25) is 5.91 Å². The van der Waals surface area contributed by atoms with Gasteiger partial charge in [-0.3, -0.25) is 4.79 Å². The van der Waals surface area contributed by atoms with Gasteiger partial charge >= 0.3 is 0 Å². The van der Waals surface area contributed by atoms with Gasteiger partial charge in [0.25, 0.3) is 0 Å². The van der Waals surface area contributed by atoms with Crippen molar-refractivity contribution < 1.29 is 14.3 Å². The number of ether oxygens (including phenoxy) is 2. The lowest BCUT2D eigenvalue weighted by molar-refractivity contribution is -0.121. The summed E-state index contributed by atoms with van der Waals surface area (Å²) in [7, 11) is 3.17. The predicted octanol–water partition coefficient (Wildman–Crippen LogP) is 4.58. The molecule has 0 fully saturated rings. The highest BCUT2D eigenvalue weighted by Gasteiger charge is 2.16. The zero-order valence-corrected chi connectivity index (χ0v) is 16.6. The van der Waals surface area contributed by atoms with E-state index in [9.17, 15) is 4.79 Å². The first-order valence-electron chi connectivity index (χ1n) is 8.24. The molecule has 0 aliphatic carbocycles. The van der Waals surface area contributed by atoms with Gasteiger partial charge in [-0.1, -0.05) is 52.7 Å². The van der Waals surface area contributed by atoms with E-state index in [1.165, 1.54) is 5.56 Å². The Hall–Kier alpha value is -2.01. The number of carbonyl (C=O) groups excluding carboxylic acids is 1. The highest BCUT2D eigenvalue weighted by Crippen LogP contribution is 2.33. The van der Waals surface area contributed by atoms with Gasteiger partial charge in [0.05, 0.1) is 26.7 Å². The molecule has 2 rings (SSSR count). The third-order valence-electron chi connectivity index (χ3n) is 4.13. The summed E-state index contributed by atoms with van der Waals surface area (Å²) in [4.78, 5) is 12.5. The summed E-state index contributed by atoms with van der Waals surface area (Å²) in [6, 6.07) is 11.9. The highest BCUT2D eigenvalue weighted by molar-refractivity contribution is 9.10. The van der Waals surface area contributed by atoms with Gasteiger partial charge in [0, 0.05) is 4.47 Å².